The van der Waals surface area contributed by atoms with Crippen LogP contribution in [0.4, 0.5) is 0 Å². The molecule has 1 rings (SSSR count). The molecule has 1 heterocycles. The Kier molecular flexibility index (Phi) is 3.73. The number of nitrogens with zero attached hydrogens (tertiary/aromatic N) is 2. The van der Waals surface area contributed by atoms with Crippen LogP contribution < -0.4 is 9.47 Å². The summed E-state index contributed by atoms with van der Waals surface area (Å²) in [5.74, 6) is -0.634. The SMILES string of the molecule is COc1cc(OC)nc(C(S)C(=O)O)n1. The third kappa shape index (κ3) is 2.72. The van der Waals surface area contributed by atoms with Crippen LogP contribution in [0.2, 0.25) is 0 Å². The van der Waals surface area contributed by atoms with Gasteiger partial charge in [0.25, 0.3) is 0 Å². The first-order chi connectivity index (χ1) is 7.08. The molecule has 0 aliphatic carbocycles. The quantitative estimate of drug-likeness (QED) is 0.735. The summed E-state index contributed by atoms with van der Waals surface area (Å²) >= 11 is 3.85. The van der Waals surface area contributed by atoms with E-state index >= 15 is 0 Å². The van der Waals surface area contributed by atoms with Gasteiger partial charge in [-0.25, -0.2) is 0 Å². The first-order valence-electron chi connectivity index (χ1n) is 3.96. The topological polar surface area (TPSA) is 81.5 Å². The lowest BCUT2D eigenvalue weighted by Gasteiger charge is -2.08. The fourth-order valence-electron chi connectivity index (χ4n) is 0.863. The molecule has 0 amide bonds. The second-order valence-electron chi connectivity index (χ2n) is 2.55. The van der Waals surface area contributed by atoms with Crippen LogP contribution in [-0.2, 0) is 4.79 Å². The zero-order chi connectivity index (χ0) is 11.4. The van der Waals surface area contributed by atoms with Crippen LogP contribution in [0.1, 0.15) is 11.1 Å². The monoisotopic (exact) mass is 230 g/mol. The highest BCUT2D eigenvalue weighted by Crippen LogP contribution is 2.22. The average molecular weight is 230 g/mol. The molecule has 7 heteroatoms. The van der Waals surface area contributed by atoms with Crippen LogP contribution in [0.3, 0.4) is 0 Å². The van der Waals surface area contributed by atoms with E-state index in [2.05, 4.69) is 22.6 Å². The van der Waals surface area contributed by atoms with Gasteiger partial charge in [0.15, 0.2) is 11.1 Å². The molecule has 0 saturated heterocycles. The van der Waals surface area contributed by atoms with Gasteiger partial charge in [-0.15, -0.1) is 0 Å². The Morgan fingerprint density at radius 1 is 1.40 bits per heavy atom. The van der Waals surface area contributed by atoms with Gasteiger partial charge >= 0.3 is 5.97 Å². The van der Waals surface area contributed by atoms with Crippen molar-refractivity contribution in [3.8, 4) is 11.8 Å². The normalized spacial score (nSPS) is 11.9. The van der Waals surface area contributed by atoms with Crippen LogP contribution in [0, 0.1) is 0 Å². The van der Waals surface area contributed by atoms with Crippen molar-refractivity contribution >= 4 is 18.6 Å². The van der Waals surface area contributed by atoms with E-state index in [0.29, 0.717) is 0 Å². The number of carbonyl (C=O) groups is 1. The van der Waals surface area contributed by atoms with Gasteiger partial charge in [0.2, 0.25) is 11.8 Å². The number of hydrogen-bond donors (Lipinski definition) is 2. The van der Waals surface area contributed by atoms with Crippen molar-refractivity contribution in [2.24, 2.45) is 0 Å². The number of methoxy groups -OCH3 is 2. The summed E-state index contributed by atoms with van der Waals surface area (Å²) < 4.78 is 9.74. The molecule has 0 aromatic carbocycles. The van der Waals surface area contributed by atoms with E-state index < -0.39 is 11.2 Å². The number of carboxylic acids is 1. The molecule has 6 nitrogen and oxygen atoms in total. The fourth-order valence-corrected chi connectivity index (χ4v) is 0.978. The Morgan fingerprint density at radius 2 is 1.87 bits per heavy atom. The number of ether oxygens (including phenoxy) is 2. The second-order valence-corrected chi connectivity index (χ2v) is 3.07. The Balaban J connectivity index is 3.11. The van der Waals surface area contributed by atoms with Crippen LogP contribution in [0.15, 0.2) is 6.07 Å². The van der Waals surface area contributed by atoms with Crippen molar-refractivity contribution in [1.82, 2.24) is 9.97 Å². The zero-order valence-corrected chi connectivity index (χ0v) is 9.06. The van der Waals surface area contributed by atoms with E-state index in [4.69, 9.17) is 14.6 Å². The summed E-state index contributed by atoms with van der Waals surface area (Å²) in [6.07, 6.45) is 0. The molecule has 82 valence electrons. The van der Waals surface area contributed by atoms with E-state index in [9.17, 15) is 4.79 Å². The third-order valence-electron chi connectivity index (χ3n) is 1.59. The van der Waals surface area contributed by atoms with Crippen molar-refractivity contribution in [1.29, 1.82) is 0 Å². The molecule has 0 bridgehead atoms. The van der Waals surface area contributed by atoms with Gasteiger partial charge in [0.1, 0.15) is 0 Å². The number of hydrogen-bond acceptors (Lipinski definition) is 6. The summed E-state index contributed by atoms with van der Waals surface area (Å²) in [6, 6.07) is 1.45. The lowest BCUT2D eigenvalue weighted by atomic mass is 10.4. The molecule has 0 aliphatic heterocycles. The predicted octanol–water partition coefficient (Wildman–Crippen LogP) is 0.549. The third-order valence-corrected chi connectivity index (χ3v) is 2.05. The van der Waals surface area contributed by atoms with Gasteiger partial charge in [0.05, 0.1) is 20.3 Å². The van der Waals surface area contributed by atoms with Crippen LogP contribution in [0.5, 0.6) is 11.8 Å². The molecule has 1 unspecified atom stereocenters. The first-order valence-corrected chi connectivity index (χ1v) is 4.48. The summed E-state index contributed by atoms with van der Waals surface area (Å²) in [4.78, 5) is 18.4. The summed E-state index contributed by atoms with van der Waals surface area (Å²) in [5.41, 5.74) is 0. The summed E-state index contributed by atoms with van der Waals surface area (Å²) in [7, 11) is 2.83. The van der Waals surface area contributed by atoms with Crippen molar-refractivity contribution in [3.63, 3.8) is 0 Å². The Hall–Kier alpha value is -1.50. The number of aromatic nitrogens is 2. The molecular weight excluding hydrogens is 220 g/mol. The van der Waals surface area contributed by atoms with E-state index in [1.54, 1.807) is 0 Å². The fraction of sp³-hybridized carbons (Fsp3) is 0.375. The Labute approximate surface area is 91.7 Å². The highest BCUT2D eigenvalue weighted by Gasteiger charge is 2.20. The molecule has 1 aromatic rings. The molecular formula is C8H10N2O4S. The van der Waals surface area contributed by atoms with Crippen molar-refractivity contribution < 1.29 is 19.4 Å². The zero-order valence-electron chi connectivity index (χ0n) is 8.17. The number of carboxylic acid groups (broad SMARTS) is 1. The maximum atomic E-state index is 10.7. The molecule has 15 heavy (non-hydrogen) atoms. The highest BCUT2D eigenvalue weighted by molar-refractivity contribution is 7.81. The molecule has 0 radical (unpaired) electrons. The first kappa shape index (κ1) is 11.6. The molecule has 1 N–H and O–H groups in total. The molecule has 0 fully saturated rings. The maximum absolute atomic E-state index is 10.7. The minimum absolute atomic E-state index is 0.0297. The second kappa shape index (κ2) is 4.83. The van der Waals surface area contributed by atoms with Gasteiger partial charge in [-0.05, 0) is 0 Å². The van der Waals surface area contributed by atoms with Crippen LogP contribution in [0.25, 0.3) is 0 Å². The standard InChI is InChI=1S/C8H10N2O4S/c1-13-4-3-5(14-2)10-7(9-4)6(15)8(11)12/h3,6,15H,1-2H3,(H,11,12). The molecule has 1 aromatic heterocycles. The minimum atomic E-state index is -1.13. The number of rotatable bonds is 4. The summed E-state index contributed by atoms with van der Waals surface area (Å²) in [6.45, 7) is 0. The van der Waals surface area contributed by atoms with Crippen molar-refractivity contribution in [2.45, 2.75) is 5.25 Å². The Bertz CT molecular complexity index is 349. The molecule has 1 atom stereocenters. The lowest BCUT2D eigenvalue weighted by Crippen LogP contribution is -2.10. The van der Waals surface area contributed by atoms with Crippen LogP contribution in [-0.4, -0.2) is 35.3 Å². The van der Waals surface area contributed by atoms with Crippen LogP contribution >= 0.6 is 12.6 Å². The largest absolute Gasteiger partial charge is 0.481 e. The molecule has 0 aliphatic rings. The highest BCUT2D eigenvalue weighted by atomic mass is 32.1. The average Bonchev–Trinajstić information content (AvgIpc) is 2.27. The Morgan fingerprint density at radius 3 is 2.20 bits per heavy atom. The van der Waals surface area contributed by atoms with Gasteiger partial charge in [0, 0.05) is 0 Å². The van der Waals surface area contributed by atoms with Gasteiger partial charge in [-0.2, -0.15) is 22.6 Å². The van der Waals surface area contributed by atoms with E-state index in [1.165, 1.54) is 20.3 Å². The summed E-state index contributed by atoms with van der Waals surface area (Å²) in [5, 5.41) is 7.62. The smallest absolute Gasteiger partial charge is 0.324 e. The number of aliphatic carboxylic acids is 1. The van der Waals surface area contributed by atoms with Gasteiger partial charge < -0.3 is 14.6 Å². The van der Waals surface area contributed by atoms with Gasteiger partial charge in [-0.1, -0.05) is 0 Å². The molecule has 0 spiro atoms. The van der Waals surface area contributed by atoms with Crippen molar-refractivity contribution in [2.75, 3.05) is 14.2 Å². The predicted molar refractivity (Wildman–Crippen MR) is 54.5 cm³/mol. The van der Waals surface area contributed by atoms with Crippen molar-refractivity contribution in [3.05, 3.63) is 11.9 Å². The number of thiol groups is 1. The van der Waals surface area contributed by atoms with E-state index in [1.807, 2.05) is 0 Å². The molecule has 0 saturated carbocycles. The van der Waals surface area contributed by atoms with Gasteiger partial charge in [-0.3, -0.25) is 4.79 Å². The van der Waals surface area contributed by atoms with E-state index in [0.717, 1.165) is 0 Å². The minimum Gasteiger partial charge on any atom is -0.481 e. The van der Waals surface area contributed by atoms with E-state index in [-0.39, 0.29) is 17.6 Å². The lowest BCUT2D eigenvalue weighted by molar-refractivity contribution is -0.136. The maximum Gasteiger partial charge on any atom is 0.324 e.